The lowest BCUT2D eigenvalue weighted by Crippen LogP contribution is -2.32. The van der Waals surface area contributed by atoms with E-state index in [4.69, 9.17) is 15.0 Å². The van der Waals surface area contributed by atoms with E-state index in [1.54, 1.807) is 0 Å². The smallest absolute Gasteiger partial charge is 0.253 e. The van der Waals surface area contributed by atoms with E-state index >= 15 is 0 Å². The van der Waals surface area contributed by atoms with E-state index in [9.17, 15) is 0 Å². The average Bonchev–Trinajstić information content (AvgIpc) is 3.45. The molecule has 0 atom stereocenters. The largest absolute Gasteiger partial charge is 0.299 e. The molecule has 3 aromatic carbocycles. The van der Waals surface area contributed by atoms with Gasteiger partial charge in [0.1, 0.15) is 0 Å². The molecule has 0 unspecified atom stereocenters. The highest BCUT2D eigenvalue weighted by Gasteiger charge is 2.22. The van der Waals surface area contributed by atoms with Crippen LogP contribution in [0, 0.1) is 0 Å². The highest BCUT2D eigenvalue weighted by molar-refractivity contribution is 5.81. The molecule has 4 heterocycles. The Morgan fingerprint density at radius 1 is 0.780 bits per heavy atom. The summed E-state index contributed by atoms with van der Waals surface area (Å²) in [5.41, 5.74) is 8.55. The van der Waals surface area contributed by atoms with Crippen LogP contribution < -0.4 is 0 Å². The van der Waals surface area contributed by atoms with Crippen LogP contribution in [0.2, 0.25) is 0 Å². The van der Waals surface area contributed by atoms with E-state index in [0.29, 0.717) is 11.7 Å². The van der Waals surface area contributed by atoms with Gasteiger partial charge in [-0.3, -0.25) is 9.88 Å². The van der Waals surface area contributed by atoms with Crippen LogP contribution >= 0.6 is 0 Å². The summed E-state index contributed by atoms with van der Waals surface area (Å²) in [5, 5.41) is 4.68. The third-order valence-electron chi connectivity index (χ3n) is 8.06. The van der Waals surface area contributed by atoms with Crippen molar-refractivity contribution in [2.24, 2.45) is 0 Å². The van der Waals surface area contributed by atoms with Gasteiger partial charge in [-0.25, -0.2) is 14.5 Å². The molecule has 0 amide bonds. The van der Waals surface area contributed by atoms with Gasteiger partial charge in [-0.2, -0.15) is 4.98 Å². The van der Waals surface area contributed by atoms with Crippen LogP contribution in [0.1, 0.15) is 55.6 Å². The van der Waals surface area contributed by atoms with Crippen molar-refractivity contribution >= 4 is 16.8 Å². The second kappa shape index (κ2) is 10.8. The van der Waals surface area contributed by atoms with Crippen molar-refractivity contribution in [3.05, 3.63) is 108 Å². The van der Waals surface area contributed by atoms with Gasteiger partial charge in [0.05, 0.1) is 22.4 Å². The SMILES string of the molecule is CC(C)c1nc2nc(-c3ccc(CN4CCC(c5cnc6ccccc6n5)CC4)cc3)c(-c3ccccc3)cn2n1. The first-order chi connectivity index (χ1) is 20.1. The van der Waals surface area contributed by atoms with Crippen LogP contribution in [-0.2, 0) is 6.54 Å². The zero-order valence-electron chi connectivity index (χ0n) is 23.5. The fourth-order valence-corrected chi connectivity index (χ4v) is 5.71. The summed E-state index contributed by atoms with van der Waals surface area (Å²) in [6, 6.07) is 27.4. The number of nitrogens with zero attached hydrogens (tertiary/aromatic N) is 7. The van der Waals surface area contributed by atoms with Crippen molar-refractivity contribution < 1.29 is 0 Å². The summed E-state index contributed by atoms with van der Waals surface area (Å²) in [7, 11) is 0. The molecule has 0 aliphatic carbocycles. The van der Waals surface area contributed by atoms with Gasteiger partial charge < -0.3 is 0 Å². The van der Waals surface area contributed by atoms with Crippen molar-refractivity contribution in [1.82, 2.24) is 34.4 Å². The van der Waals surface area contributed by atoms with Crippen molar-refractivity contribution in [2.75, 3.05) is 13.1 Å². The molecule has 6 aromatic rings. The Morgan fingerprint density at radius 2 is 1.51 bits per heavy atom. The minimum absolute atomic E-state index is 0.241. The van der Waals surface area contributed by atoms with Gasteiger partial charge in [-0.15, -0.1) is 5.10 Å². The average molecular weight is 540 g/mol. The Hall–Kier alpha value is -4.49. The Bertz CT molecular complexity index is 1800. The van der Waals surface area contributed by atoms with Crippen LogP contribution in [0.5, 0.6) is 0 Å². The molecule has 0 spiro atoms. The van der Waals surface area contributed by atoms with Crippen LogP contribution in [0.15, 0.2) is 91.3 Å². The van der Waals surface area contributed by atoms with Gasteiger partial charge in [-0.05, 0) is 49.2 Å². The minimum atomic E-state index is 0.241. The molecule has 7 heteroatoms. The maximum Gasteiger partial charge on any atom is 0.253 e. The number of benzene rings is 3. The summed E-state index contributed by atoms with van der Waals surface area (Å²) in [4.78, 5) is 21.8. The topological polar surface area (TPSA) is 72.1 Å². The zero-order chi connectivity index (χ0) is 27.8. The molecule has 1 aliphatic rings. The maximum atomic E-state index is 4.99. The summed E-state index contributed by atoms with van der Waals surface area (Å²) < 4.78 is 1.81. The number of fused-ring (bicyclic) bond motifs is 2. The molecule has 3 aromatic heterocycles. The third kappa shape index (κ3) is 5.21. The molecule has 1 saturated heterocycles. The van der Waals surface area contributed by atoms with Gasteiger partial charge in [-0.1, -0.05) is 80.6 Å². The summed E-state index contributed by atoms with van der Waals surface area (Å²) in [5.74, 6) is 2.15. The molecule has 0 saturated carbocycles. The summed E-state index contributed by atoms with van der Waals surface area (Å²) >= 11 is 0. The number of likely N-dealkylation sites (tertiary alicyclic amines) is 1. The monoisotopic (exact) mass is 539 g/mol. The van der Waals surface area contributed by atoms with Crippen LogP contribution in [0.25, 0.3) is 39.2 Å². The molecule has 1 fully saturated rings. The Balaban J connectivity index is 1.08. The Kier molecular flexibility index (Phi) is 6.72. The minimum Gasteiger partial charge on any atom is -0.299 e. The van der Waals surface area contributed by atoms with Gasteiger partial charge in [0.25, 0.3) is 5.78 Å². The lowest BCUT2D eigenvalue weighted by atomic mass is 9.93. The van der Waals surface area contributed by atoms with E-state index in [0.717, 1.165) is 77.4 Å². The molecule has 0 radical (unpaired) electrons. The number of rotatable bonds is 6. The molecule has 7 nitrogen and oxygen atoms in total. The molecule has 7 rings (SSSR count). The number of piperidine rings is 1. The summed E-state index contributed by atoms with van der Waals surface area (Å²) in [6.45, 7) is 7.26. The fourth-order valence-electron chi connectivity index (χ4n) is 5.71. The van der Waals surface area contributed by atoms with E-state index in [-0.39, 0.29) is 5.92 Å². The van der Waals surface area contributed by atoms with Crippen molar-refractivity contribution in [1.29, 1.82) is 0 Å². The van der Waals surface area contributed by atoms with Gasteiger partial charge in [0, 0.05) is 41.9 Å². The van der Waals surface area contributed by atoms with E-state index in [1.807, 2.05) is 35.0 Å². The van der Waals surface area contributed by atoms with Crippen LogP contribution in [-0.4, -0.2) is 47.5 Å². The van der Waals surface area contributed by atoms with Crippen molar-refractivity contribution in [2.45, 2.75) is 45.1 Å². The first kappa shape index (κ1) is 25.5. The first-order valence-electron chi connectivity index (χ1n) is 14.5. The van der Waals surface area contributed by atoms with Gasteiger partial charge in [0.2, 0.25) is 0 Å². The predicted octanol–water partition coefficient (Wildman–Crippen LogP) is 6.90. The van der Waals surface area contributed by atoms with Gasteiger partial charge in [0.15, 0.2) is 5.82 Å². The third-order valence-corrected chi connectivity index (χ3v) is 8.06. The van der Waals surface area contributed by atoms with Crippen molar-refractivity contribution in [3.63, 3.8) is 0 Å². The molecule has 204 valence electrons. The lowest BCUT2D eigenvalue weighted by Gasteiger charge is -2.31. The number of para-hydroxylation sites is 2. The predicted molar refractivity (Wildman–Crippen MR) is 163 cm³/mol. The second-order valence-electron chi connectivity index (χ2n) is 11.3. The highest BCUT2D eigenvalue weighted by Crippen LogP contribution is 2.32. The molecular weight excluding hydrogens is 506 g/mol. The molecule has 1 aliphatic heterocycles. The number of aromatic nitrogens is 6. The lowest BCUT2D eigenvalue weighted by molar-refractivity contribution is 0.203. The molecule has 0 N–H and O–H groups in total. The highest BCUT2D eigenvalue weighted by atomic mass is 15.3. The zero-order valence-corrected chi connectivity index (χ0v) is 23.5. The van der Waals surface area contributed by atoms with E-state index < -0.39 is 0 Å². The molecule has 41 heavy (non-hydrogen) atoms. The number of hydrogen-bond donors (Lipinski definition) is 0. The number of hydrogen-bond acceptors (Lipinski definition) is 6. The second-order valence-corrected chi connectivity index (χ2v) is 11.3. The van der Waals surface area contributed by atoms with Gasteiger partial charge >= 0.3 is 0 Å². The Labute approximate surface area is 240 Å². The molecule has 0 bridgehead atoms. The van der Waals surface area contributed by atoms with E-state index in [2.05, 4.69) is 89.6 Å². The maximum absolute atomic E-state index is 4.99. The van der Waals surface area contributed by atoms with Crippen molar-refractivity contribution in [3.8, 4) is 22.4 Å². The molecular formula is C34H33N7. The quantitative estimate of drug-likeness (QED) is 0.229. The van der Waals surface area contributed by atoms with E-state index in [1.165, 1.54) is 5.56 Å². The summed E-state index contributed by atoms with van der Waals surface area (Å²) in [6.07, 6.45) is 6.24. The Morgan fingerprint density at radius 3 is 2.27 bits per heavy atom. The van der Waals surface area contributed by atoms with Crippen LogP contribution in [0.4, 0.5) is 0 Å². The fraction of sp³-hybridized carbons (Fsp3) is 0.265. The normalized spacial score (nSPS) is 14.8. The standard InChI is InChI=1S/C34H33N7/c1-23(2)33-38-34-37-32(28(22-41(34)39-33)25-8-4-3-5-9-25)27-14-12-24(13-15-27)21-40-18-16-26(17-19-40)31-20-35-29-10-6-7-11-30(29)36-31/h3-15,20,22-23,26H,16-19,21H2,1-2H3. The van der Waals surface area contributed by atoms with Crippen LogP contribution in [0.3, 0.4) is 0 Å². The first-order valence-corrected chi connectivity index (χ1v) is 14.5.